The molecule has 0 aromatic rings. The summed E-state index contributed by atoms with van der Waals surface area (Å²) in [5.41, 5.74) is 10.2. The molecule has 22 heavy (non-hydrogen) atoms. The van der Waals surface area contributed by atoms with Gasteiger partial charge in [-0.2, -0.15) is 0 Å². The van der Waals surface area contributed by atoms with Gasteiger partial charge in [-0.3, -0.25) is 5.26 Å². The van der Waals surface area contributed by atoms with Gasteiger partial charge >= 0.3 is 0 Å². The first-order valence-corrected chi connectivity index (χ1v) is 8.25. The number of hydrogen-bond donors (Lipinski definition) is 3. The van der Waals surface area contributed by atoms with Gasteiger partial charge in [-0.05, 0) is 43.9 Å². The normalized spacial score (nSPS) is 13.1. The summed E-state index contributed by atoms with van der Waals surface area (Å²) in [4.78, 5) is 4.27. The summed E-state index contributed by atoms with van der Waals surface area (Å²) in [5.74, 6) is 6.45. The van der Waals surface area contributed by atoms with Crippen molar-refractivity contribution in [1.82, 2.24) is 5.32 Å². The van der Waals surface area contributed by atoms with Crippen molar-refractivity contribution in [2.24, 2.45) is 5.73 Å². The van der Waals surface area contributed by atoms with Crippen LogP contribution in [0.25, 0.3) is 0 Å². The zero-order valence-electron chi connectivity index (χ0n) is 14.6. The van der Waals surface area contributed by atoms with Gasteiger partial charge in [0, 0.05) is 24.2 Å². The van der Waals surface area contributed by atoms with Crippen LogP contribution in [0.4, 0.5) is 0 Å². The highest BCUT2D eigenvalue weighted by Gasteiger charge is 2.12. The Labute approximate surface area is 135 Å². The van der Waals surface area contributed by atoms with Crippen LogP contribution < -0.4 is 11.1 Å². The molecule has 0 spiro atoms. The lowest BCUT2D eigenvalue weighted by molar-refractivity contribution is -0.241. The second-order valence-electron chi connectivity index (χ2n) is 5.31. The van der Waals surface area contributed by atoms with Crippen molar-refractivity contribution >= 4 is 0 Å². The van der Waals surface area contributed by atoms with Gasteiger partial charge < -0.3 is 11.1 Å². The van der Waals surface area contributed by atoms with Crippen LogP contribution in [0.2, 0.25) is 0 Å². The molecule has 4 nitrogen and oxygen atoms in total. The van der Waals surface area contributed by atoms with Crippen LogP contribution in [0.1, 0.15) is 59.8 Å². The minimum absolute atomic E-state index is 0.285. The Morgan fingerprint density at radius 1 is 1.18 bits per heavy atom. The zero-order chi connectivity index (χ0) is 16.8. The first-order valence-electron chi connectivity index (χ1n) is 8.25. The zero-order valence-corrected chi connectivity index (χ0v) is 14.6. The second kappa shape index (κ2) is 13.4. The van der Waals surface area contributed by atoms with Crippen molar-refractivity contribution in [1.29, 1.82) is 0 Å². The smallest absolute Gasteiger partial charge is 0.0857 e. The summed E-state index contributed by atoms with van der Waals surface area (Å²) in [6.07, 6.45) is 4.54. The highest BCUT2D eigenvalue weighted by atomic mass is 17.1. The van der Waals surface area contributed by atoms with Crippen LogP contribution in [-0.4, -0.2) is 25.0 Å². The van der Waals surface area contributed by atoms with E-state index in [0.717, 1.165) is 50.0 Å². The molecule has 0 saturated heterocycles. The maximum Gasteiger partial charge on any atom is 0.0857 e. The van der Waals surface area contributed by atoms with Crippen LogP contribution in [0.5, 0.6) is 0 Å². The fraction of sp³-hybridized carbons (Fsp3) is 0.667. The molecule has 0 aliphatic carbocycles. The minimum atomic E-state index is 0.285. The number of rotatable bonds is 10. The number of likely N-dealkylation sites (N-methyl/N-ethyl adjacent to an activating group) is 1. The van der Waals surface area contributed by atoms with Gasteiger partial charge in [0.05, 0.1) is 6.61 Å². The predicted molar refractivity (Wildman–Crippen MR) is 93.2 cm³/mol. The molecule has 0 heterocycles. The summed E-state index contributed by atoms with van der Waals surface area (Å²) < 4.78 is 0. The Morgan fingerprint density at radius 3 is 2.41 bits per heavy atom. The first-order chi connectivity index (χ1) is 10.6. The lowest BCUT2D eigenvalue weighted by Crippen LogP contribution is -2.19. The summed E-state index contributed by atoms with van der Waals surface area (Å²) in [6, 6.07) is 0. The lowest BCUT2D eigenvalue weighted by Gasteiger charge is -2.17. The molecule has 4 N–H and O–H groups in total. The topological polar surface area (TPSA) is 67.5 Å². The van der Waals surface area contributed by atoms with E-state index in [4.69, 9.17) is 11.0 Å². The SMILES string of the molecule is CCCC#CC(=C(\C)N)/C(CCC)=C(\CCOO)CNCC. The molecule has 0 bridgehead atoms. The molecule has 0 unspecified atom stereocenters. The first kappa shape index (κ1) is 20.7. The second-order valence-corrected chi connectivity index (χ2v) is 5.31. The Kier molecular flexibility index (Phi) is 12.6. The van der Waals surface area contributed by atoms with Crippen molar-refractivity contribution in [2.45, 2.75) is 59.8 Å². The van der Waals surface area contributed by atoms with Crippen LogP contribution in [0, 0.1) is 11.8 Å². The molecule has 0 radical (unpaired) electrons. The predicted octanol–water partition coefficient (Wildman–Crippen LogP) is 3.61. The summed E-state index contributed by atoms with van der Waals surface area (Å²) in [7, 11) is 0. The average Bonchev–Trinajstić information content (AvgIpc) is 2.50. The van der Waals surface area contributed by atoms with Crippen LogP contribution in [-0.2, 0) is 4.89 Å². The largest absolute Gasteiger partial charge is 0.401 e. The van der Waals surface area contributed by atoms with Gasteiger partial charge in [0.2, 0.25) is 0 Å². The molecule has 0 atom stereocenters. The highest BCUT2D eigenvalue weighted by Crippen LogP contribution is 2.23. The van der Waals surface area contributed by atoms with Crippen molar-refractivity contribution in [2.75, 3.05) is 19.7 Å². The number of hydrogen-bond acceptors (Lipinski definition) is 4. The molecule has 0 aromatic carbocycles. The van der Waals surface area contributed by atoms with E-state index in [1.54, 1.807) is 0 Å². The summed E-state index contributed by atoms with van der Waals surface area (Å²) in [5, 5.41) is 12.0. The third-order valence-corrected chi connectivity index (χ3v) is 3.29. The van der Waals surface area contributed by atoms with Crippen LogP contribution in [0.3, 0.4) is 0 Å². The Hall–Kier alpha value is -1.28. The van der Waals surface area contributed by atoms with E-state index in [-0.39, 0.29) is 6.61 Å². The average molecular weight is 308 g/mol. The number of unbranched alkanes of at least 4 members (excludes halogenated alkanes) is 1. The fourth-order valence-electron chi connectivity index (χ4n) is 2.21. The van der Waals surface area contributed by atoms with Crippen molar-refractivity contribution in [3.63, 3.8) is 0 Å². The van der Waals surface area contributed by atoms with Crippen molar-refractivity contribution in [3.05, 3.63) is 22.4 Å². The molecule has 0 aliphatic rings. The molecule has 0 aromatic heterocycles. The molecular formula is C18H32N2O2. The molecule has 126 valence electrons. The molecule has 0 rings (SSSR count). The van der Waals surface area contributed by atoms with Gasteiger partial charge in [0.25, 0.3) is 0 Å². The maximum atomic E-state index is 8.67. The summed E-state index contributed by atoms with van der Waals surface area (Å²) >= 11 is 0. The fourth-order valence-corrected chi connectivity index (χ4v) is 2.21. The van der Waals surface area contributed by atoms with Crippen LogP contribution in [0.15, 0.2) is 22.4 Å². The van der Waals surface area contributed by atoms with E-state index in [1.807, 2.05) is 6.92 Å². The molecule has 0 saturated carbocycles. The van der Waals surface area contributed by atoms with Crippen molar-refractivity contribution < 1.29 is 10.1 Å². The van der Waals surface area contributed by atoms with E-state index < -0.39 is 0 Å². The van der Waals surface area contributed by atoms with Gasteiger partial charge in [-0.15, -0.1) is 0 Å². The van der Waals surface area contributed by atoms with Crippen molar-refractivity contribution in [3.8, 4) is 11.8 Å². The third kappa shape index (κ3) is 8.23. The van der Waals surface area contributed by atoms with Gasteiger partial charge in [-0.25, -0.2) is 4.89 Å². The van der Waals surface area contributed by atoms with E-state index >= 15 is 0 Å². The van der Waals surface area contributed by atoms with E-state index in [2.05, 4.69) is 42.8 Å². The minimum Gasteiger partial charge on any atom is -0.401 e. The highest BCUT2D eigenvalue weighted by molar-refractivity contribution is 5.50. The molecule has 0 fully saturated rings. The monoisotopic (exact) mass is 308 g/mol. The van der Waals surface area contributed by atoms with Gasteiger partial charge in [0.15, 0.2) is 0 Å². The standard InChI is InChI=1S/C18H32N2O2/c1-5-8-9-11-17(15(4)19)18(10-6-2)16(12-13-22-21)14-20-7-3/h20-21H,5-8,10,12-14,19H2,1-4H3/b17-15-,18-16+. The van der Waals surface area contributed by atoms with E-state index in [0.29, 0.717) is 6.42 Å². The van der Waals surface area contributed by atoms with Gasteiger partial charge in [0.1, 0.15) is 0 Å². The third-order valence-electron chi connectivity index (χ3n) is 3.29. The lowest BCUT2D eigenvalue weighted by atomic mass is 9.92. The van der Waals surface area contributed by atoms with E-state index in [1.165, 1.54) is 11.1 Å². The Balaban J connectivity index is 5.66. The number of nitrogens with one attached hydrogen (secondary N) is 1. The molecule has 0 aliphatic heterocycles. The van der Waals surface area contributed by atoms with Crippen LogP contribution >= 0.6 is 0 Å². The molecule has 4 heteroatoms. The summed E-state index contributed by atoms with van der Waals surface area (Å²) in [6.45, 7) is 10.2. The maximum absolute atomic E-state index is 8.67. The quantitative estimate of drug-likeness (QED) is 0.250. The number of nitrogens with two attached hydrogens (primary N) is 1. The van der Waals surface area contributed by atoms with E-state index in [9.17, 15) is 0 Å². The molecule has 0 amide bonds. The molecular weight excluding hydrogens is 276 g/mol. The van der Waals surface area contributed by atoms with Gasteiger partial charge in [-0.1, -0.05) is 39.0 Å². The Morgan fingerprint density at radius 2 is 1.91 bits per heavy atom. The Bertz CT molecular complexity index is 414. The number of allylic oxidation sites excluding steroid dienone is 3.